The predicted molar refractivity (Wildman–Crippen MR) is 434 cm³/mol. The molecule has 1 amide bonds. The first-order valence-electron chi connectivity index (χ1n) is 29.2. The Balaban J connectivity index is 0.00000132. The van der Waals surface area contributed by atoms with Crippen molar-refractivity contribution < 1.29 is 18.0 Å². The number of nitriles is 1. The van der Waals surface area contributed by atoms with Crippen molar-refractivity contribution >= 4 is 40.3 Å². The van der Waals surface area contributed by atoms with Crippen LogP contribution in [0.5, 0.6) is 0 Å². The summed E-state index contributed by atoms with van der Waals surface area (Å²) in [5.74, 6) is 205. The van der Waals surface area contributed by atoms with Gasteiger partial charge in [-0.25, -0.2) is 4.85 Å². The molecule has 0 saturated carbocycles. The molecule has 0 aromatic heterocycles. The lowest BCUT2D eigenvalue weighted by Gasteiger charge is -2.23. The number of hydrogen-bond donors (Lipinski definition) is 0. The highest BCUT2D eigenvalue weighted by Crippen LogP contribution is 2.40. The number of hydrogen-bond acceptors (Lipinski definition) is 3. The monoisotopic (exact) mass is 1420 g/mol. The minimum Gasteiger partial charge on any atom is -0.306 e. The van der Waals surface area contributed by atoms with Gasteiger partial charge in [-0.2, -0.15) is 18.4 Å². The van der Waals surface area contributed by atoms with Crippen molar-refractivity contribution in [3.8, 4) is 504 Å². The van der Waals surface area contributed by atoms with E-state index in [2.05, 4.69) is 496 Å². The lowest BCUT2D eigenvalue weighted by atomic mass is 10.1. The molecule has 2 aromatic carbocycles. The highest BCUT2D eigenvalue weighted by molar-refractivity contribution is 7.81. The van der Waals surface area contributed by atoms with Crippen LogP contribution in [-0.2, 0) is 11.0 Å². The molecule has 0 N–H and O–H groups in total. The van der Waals surface area contributed by atoms with Gasteiger partial charge in [-0.3, -0.25) is 9.69 Å². The fraction of sp³-hybridized carbons (Fsp3) is 0.0385. The molecule has 0 spiro atoms. The molecule has 3 rings (SSSR count). The van der Waals surface area contributed by atoms with Gasteiger partial charge in [0, 0.05) is 455 Å². The van der Waals surface area contributed by atoms with Gasteiger partial charge in [0.1, 0.15) is 6.04 Å². The second-order valence-corrected chi connectivity index (χ2v) is 17.0. The molecular weight excluding hydrogens is 1410 g/mol. The maximum absolute atomic E-state index is 13.3. The van der Waals surface area contributed by atoms with Gasteiger partial charge in [-0.05, 0) is 97.7 Å². The fourth-order valence-electron chi connectivity index (χ4n) is 5.49. The third-order valence-electron chi connectivity index (χ3n) is 9.53. The molecule has 1 unspecified atom stereocenters. The quantitative estimate of drug-likeness (QED) is 0.231. The second-order valence-electron chi connectivity index (χ2n) is 16.7. The zero-order chi connectivity index (χ0) is 81.3. The number of benzene rings is 2. The Hall–Kier alpha value is -21.9. The maximum Gasteiger partial charge on any atom is 0.407 e. The number of anilines is 2. The number of alkyl halides is 3. The minimum absolute atomic E-state index is 0.00816. The normalized spacial score (nSPS) is 7.15. The Kier molecular flexibility index (Phi) is 49.0. The average molecular weight is 1430 g/mol. The molecule has 1 heterocycles. The molecule has 113 heavy (non-hydrogen) atoms. The number of carbonyl (C=O) groups is 1. The van der Waals surface area contributed by atoms with Crippen molar-refractivity contribution in [1.82, 2.24) is 0 Å². The average Bonchev–Trinajstić information content (AvgIpc) is 1.64. The molecule has 0 bridgehead atoms. The van der Waals surface area contributed by atoms with Gasteiger partial charge in [0.15, 0.2) is 16.9 Å². The van der Waals surface area contributed by atoms with Crippen LogP contribution >= 0.6 is 12.2 Å². The summed E-state index contributed by atoms with van der Waals surface area (Å²) >= 11 is 5.40. The number of amides is 1. The zero-order valence-electron chi connectivity index (χ0n) is 57.4. The highest BCUT2D eigenvalue weighted by Gasteiger charge is 2.42. The molecule has 1 fully saturated rings. The largest absolute Gasteiger partial charge is 0.407 e. The first kappa shape index (κ1) is 87.2. The van der Waals surface area contributed by atoms with Crippen molar-refractivity contribution in [2.45, 2.75) is 26.1 Å². The Morgan fingerprint density at radius 1 is 0.336 bits per heavy atom. The third kappa shape index (κ3) is 48.5. The van der Waals surface area contributed by atoms with E-state index in [1.807, 2.05) is 19.1 Å². The molecule has 1 atom stereocenters. The molecule has 1 aliphatic rings. The van der Waals surface area contributed by atoms with Crippen LogP contribution in [0.4, 0.5) is 30.2 Å². The van der Waals surface area contributed by atoms with Crippen LogP contribution in [0, 0.1) is 523 Å². The molecule has 1 saturated heterocycles. The summed E-state index contributed by atoms with van der Waals surface area (Å²) in [7, 11) is 0. The van der Waals surface area contributed by atoms with Crippen molar-refractivity contribution in [3.05, 3.63) is 65.0 Å². The van der Waals surface area contributed by atoms with Crippen LogP contribution in [0.15, 0.2) is 42.5 Å². The minimum atomic E-state index is -4.71. The van der Waals surface area contributed by atoms with E-state index in [9.17, 15) is 18.0 Å². The summed E-state index contributed by atoms with van der Waals surface area (Å²) in [6.45, 7) is 10.5. The third-order valence-corrected chi connectivity index (χ3v) is 9.91. The van der Waals surface area contributed by atoms with Crippen LogP contribution in [0.25, 0.3) is 4.85 Å². The van der Waals surface area contributed by atoms with Crippen molar-refractivity contribution in [1.29, 1.82) is 5.26 Å². The lowest BCUT2D eigenvalue weighted by Crippen LogP contribution is -2.33. The number of thiocarbonyl (C=S) groups is 1. The van der Waals surface area contributed by atoms with Crippen LogP contribution in [0.3, 0.4) is 0 Å². The topological polar surface area (TPSA) is 51.7 Å². The van der Waals surface area contributed by atoms with Gasteiger partial charge >= 0.3 is 6.18 Å². The zero-order valence-corrected chi connectivity index (χ0v) is 58.3. The maximum atomic E-state index is 13.3. The van der Waals surface area contributed by atoms with Crippen LogP contribution in [0.2, 0.25) is 0 Å². The predicted octanol–water partition coefficient (Wildman–Crippen LogP) is 5.37. The summed E-state index contributed by atoms with van der Waals surface area (Å²) in [4.78, 5) is 18.3. The van der Waals surface area contributed by atoms with Gasteiger partial charge in [0.25, 0.3) is 5.91 Å². The van der Waals surface area contributed by atoms with E-state index in [1.165, 1.54) is 6.07 Å². The van der Waals surface area contributed by atoms with Gasteiger partial charge < -0.3 is 4.90 Å². The molecule has 0 aliphatic carbocycles. The van der Waals surface area contributed by atoms with E-state index in [0.717, 1.165) is 22.6 Å². The standard InChI is InChI=1S/C85HN.C19H14F3N3OS/c1-2-3-4-5-6-7-8-9-10-11-12-13-14-15-16-17-18-19-20-21-22-23-24-25-26-27-28-29-30-31-32-33-34-35-36-37-38-39-40-41-42-43-44-45-46-47-48-49-50-51-52-53-54-55-56-57-58-59-60-61-62-63-64-65-66-67-68-69-70-71-72-73-74-75-76-77-78-79-80-81-82-83-84-85-86;1-11-4-6-13(7-5-11)24-12(2)17(26)25(18(24)27)14-8-9-16(23-3)15(10-14)19(20,21)22/h1H;4-10,12H,1-2H3. The first-order valence-corrected chi connectivity index (χ1v) is 29.6. The Morgan fingerprint density at radius 2 is 0.522 bits per heavy atom. The number of aryl methyl sites for hydroxylation is 1. The number of nitrogens with zero attached hydrogens (tertiary/aromatic N) is 4. The van der Waals surface area contributed by atoms with Crippen LogP contribution in [-0.4, -0.2) is 17.1 Å². The summed E-state index contributed by atoms with van der Waals surface area (Å²) in [5, 5.41) is 8.31. The van der Waals surface area contributed by atoms with E-state index in [4.69, 9.17) is 30.5 Å². The van der Waals surface area contributed by atoms with Gasteiger partial charge in [-0.1, -0.05) is 23.8 Å². The SMILES string of the molecule is C#CC#CC#CC#CC#CC#CC#CC#CC#CC#CC#CC#CC#CC#CC#CC#CC#CC#CC#CC#CC#CC#CC#CC#CC#CC#CC#CC#CC#CC#CC#CC#CC#CC#CC#CC#CC#CC#CC#CC#CC#CC#CC#N.[C-]#[N+]c1ccc(N2C(=O)C(C)N(c3ccc(C)cc3)C2=S)cc1C(F)(F)F. The van der Waals surface area contributed by atoms with E-state index >= 15 is 0 Å². The molecule has 1 aliphatic heterocycles. The van der Waals surface area contributed by atoms with E-state index in [-0.39, 0.29) is 10.8 Å². The summed E-state index contributed by atoms with van der Waals surface area (Å²) < 4.78 is 39.8. The van der Waals surface area contributed by atoms with Crippen molar-refractivity contribution in [2.75, 3.05) is 9.80 Å². The Labute approximate surface area is 664 Å². The number of terminal acetylenes is 1. The van der Waals surface area contributed by atoms with Crippen LogP contribution < -0.4 is 9.80 Å². The Morgan fingerprint density at radius 3 is 0.699 bits per heavy atom. The Bertz CT molecular complexity index is 7150. The molecule has 2 aromatic rings. The number of carbonyl (C=O) groups excluding carboxylic acids is 1. The molecule has 5 nitrogen and oxygen atoms in total. The fourth-order valence-corrected chi connectivity index (χ4v) is 5.95. The van der Waals surface area contributed by atoms with Gasteiger partial charge in [0.05, 0.1) is 12.1 Å². The van der Waals surface area contributed by atoms with E-state index < -0.39 is 29.4 Å². The van der Waals surface area contributed by atoms with Gasteiger partial charge in [-0.15, -0.1) is 6.42 Å². The molecular formula is C104H15F3N4OS. The van der Waals surface area contributed by atoms with E-state index in [1.54, 1.807) is 30.0 Å². The van der Waals surface area contributed by atoms with Gasteiger partial charge in [0.2, 0.25) is 0 Å². The first-order chi connectivity index (χ1) is 55.6. The highest BCUT2D eigenvalue weighted by atomic mass is 32.1. The summed E-state index contributed by atoms with van der Waals surface area (Å²) in [5.41, 5.74) is 0.0949. The summed E-state index contributed by atoms with van der Waals surface area (Å²) in [6, 6.07) is 11.5. The van der Waals surface area contributed by atoms with Crippen LogP contribution in [0.1, 0.15) is 18.1 Å². The van der Waals surface area contributed by atoms with E-state index in [0.29, 0.717) is 5.69 Å². The number of rotatable bonds is 2. The smallest absolute Gasteiger partial charge is 0.306 e. The summed E-state index contributed by atoms with van der Waals surface area (Å²) in [6.07, 6.45) is 0.244. The molecule has 0 radical (unpaired) electrons. The second kappa shape index (κ2) is 63.5. The number of halogens is 3. The van der Waals surface area contributed by atoms with Crippen molar-refractivity contribution in [3.63, 3.8) is 0 Å². The molecule has 9 heteroatoms. The molecule has 484 valence electrons. The lowest BCUT2D eigenvalue weighted by molar-refractivity contribution is -0.136. The van der Waals surface area contributed by atoms with Crippen molar-refractivity contribution in [2.24, 2.45) is 0 Å².